The van der Waals surface area contributed by atoms with E-state index in [-0.39, 0.29) is 19.0 Å². The molecule has 0 amide bonds. The number of allylic oxidation sites excluding steroid dienone is 1. The normalized spacial score (nSPS) is 22.4. The molecule has 1 aliphatic heterocycles. The number of carbonyl (C=O) groups is 1. The van der Waals surface area contributed by atoms with Crippen molar-refractivity contribution < 1.29 is 19.4 Å². The lowest BCUT2D eigenvalue weighted by atomic mass is 10.0. The number of rotatable bonds is 1. The van der Waals surface area contributed by atoms with Crippen molar-refractivity contribution >= 4 is 11.4 Å². The first kappa shape index (κ1) is 9.42. The Labute approximate surface area is 92.1 Å². The molecule has 0 saturated heterocycles. The number of hydrogen-bond donors (Lipinski definition) is 1. The number of fused-ring (bicyclic) bond motifs is 2. The van der Waals surface area contributed by atoms with Crippen LogP contribution in [0.3, 0.4) is 0 Å². The number of aliphatic hydroxyl groups excluding tert-OH is 1. The second kappa shape index (κ2) is 3.35. The molecule has 1 atom stereocenters. The fraction of sp³-hybridized carbons (Fsp3) is 0.250. The van der Waals surface area contributed by atoms with Gasteiger partial charge in [-0.3, -0.25) is 4.79 Å². The topological polar surface area (TPSA) is 55.8 Å². The van der Waals surface area contributed by atoms with E-state index in [2.05, 4.69) is 0 Å². The third kappa shape index (κ3) is 1.39. The fourth-order valence-electron chi connectivity index (χ4n) is 1.98. The summed E-state index contributed by atoms with van der Waals surface area (Å²) in [6, 6.07) is 5.32. The van der Waals surface area contributed by atoms with Crippen molar-refractivity contribution in [1.82, 2.24) is 0 Å². The molecule has 1 aliphatic carbocycles. The van der Waals surface area contributed by atoms with E-state index in [4.69, 9.17) is 9.47 Å². The molecule has 0 radical (unpaired) electrons. The van der Waals surface area contributed by atoms with Gasteiger partial charge in [0.05, 0.1) is 6.10 Å². The number of benzene rings is 1. The van der Waals surface area contributed by atoms with E-state index in [1.165, 1.54) is 0 Å². The summed E-state index contributed by atoms with van der Waals surface area (Å²) in [6.07, 6.45) is 1.06. The van der Waals surface area contributed by atoms with E-state index in [0.29, 0.717) is 11.3 Å². The van der Waals surface area contributed by atoms with Crippen molar-refractivity contribution in [2.75, 3.05) is 6.79 Å². The summed E-state index contributed by atoms with van der Waals surface area (Å²) in [5.74, 6) is 1.32. The molecule has 1 aromatic carbocycles. The largest absolute Gasteiger partial charge is 0.457 e. The number of hydrogen-bond acceptors (Lipinski definition) is 4. The Morgan fingerprint density at radius 3 is 2.94 bits per heavy atom. The van der Waals surface area contributed by atoms with Crippen LogP contribution in [0.25, 0.3) is 5.57 Å². The van der Waals surface area contributed by atoms with Gasteiger partial charge in [0.1, 0.15) is 11.5 Å². The Hall–Kier alpha value is -1.81. The van der Waals surface area contributed by atoms with E-state index in [1.54, 1.807) is 24.3 Å². The van der Waals surface area contributed by atoms with Gasteiger partial charge in [-0.05, 0) is 18.2 Å². The van der Waals surface area contributed by atoms with Crippen LogP contribution in [-0.4, -0.2) is 23.8 Å². The van der Waals surface area contributed by atoms with Crippen molar-refractivity contribution in [1.29, 1.82) is 0 Å². The SMILES string of the molecule is O=C1CC(O)C=C1c1ccc2cc1OCO2. The summed E-state index contributed by atoms with van der Waals surface area (Å²) in [4.78, 5) is 11.6. The second-order valence-electron chi connectivity index (χ2n) is 3.84. The first-order chi connectivity index (χ1) is 7.74. The Morgan fingerprint density at radius 2 is 2.19 bits per heavy atom. The third-order valence-corrected chi connectivity index (χ3v) is 2.74. The Kier molecular flexibility index (Phi) is 1.97. The summed E-state index contributed by atoms with van der Waals surface area (Å²) < 4.78 is 10.5. The minimum Gasteiger partial charge on any atom is -0.457 e. The Morgan fingerprint density at radius 1 is 1.31 bits per heavy atom. The van der Waals surface area contributed by atoms with Crippen molar-refractivity contribution in [3.05, 3.63) is 29.8 Å². The van der Waals surface area contributed by atoms with Crippen molar-refractivity contribution in [3.8, 4) is 11.5 Å². The van der Waals surface area contributed by atoms with E-state index >= 15 is 0 Å². The predicted molar refractivity (Wildman–Crippen MR) is 56.2 cm³/mol. The number of Topliss-reactive ketones (excluding diaryl/α,β-unsaturated/α-hetero) is 1. The van der Waals surface area contributed by atoms with Crippen LogP contribution in [0.2, 0.25) is 0 Å². The monoisotopic (exact) mass is 218 g/mol. The minimum atomic E-state index is -0.672. The molecule has 2 aliphatic rings. The van der Waals surface area contributed by atoms with Crippen LogP contribution >= 0.6 is 0 Å². The fourth-order valence-corrected chi connectivity index (χ4v) is 1.98. The van der Waals surface area contributed by atoms with Crippen LogP contribution in [0.1, 0.15) is 12.0 Å². The molecule has 3 rings (SSSR count). The summed E-state index contributed by atoms with van der Waals surface area (Å²) in [5, 5.41) is 9.40. The molecule has 0 saturated carbocycles. The second-order valence-corrected chi connectivity index (χ2v) is 3.84. The molecule has 1 heterocycles. The Balaban J connectivity index is 2.08. The van der Waals surface area contributed by atoms with Crippen molar-refractivity contribution in [2.24, 2.45) is 0 Å². The van der Waals surface area contributed by atoms with Crippen LogP contribution in [0, 0.1) is 0 Å². The van der Waals surface area contributed by atoms with Crippen molar-refractivity contribution in [3.63, 3.8) is 0 Å². The third-order valence-electron chi connectivity index (χ3n) is 2.74. The zero-order valence-electron chi connectivity index (χ0n) is 8.47. The van der Waals surface area contributed by atoms with Gasteiger partial charge < -0.3 is 14.6 Å². The molecule has 0 spiro atoms. The predicted octanol–water partition coefficient (Wildman–Crippen LogP) is 1.13. The number of carbonyl (C=O) groups excluding carboxylic acids is 1. The van der Waals surface area contributed by atoms with Gasteiger partial charge in [-0.1, -0.05) is 0 Å². The van der Waals surface area contributed by atoms with Gasteiger partial charge in [-0.2, -0.15) is 0 Å². The van der Waals surface area contributed by atoms with E-state index in [0.717, 1.165) is 11.3 Å². The maximum Gasteiger partial charge on any atom is 0.230 e. The molecule has 1 unspecified atom stereocenters. The van der Waals surface area contributed by atoms with Gasteiger partial charge >= 0.3 is 0 Å². The minimum absolute atomic E-state index is 0.0495. The van der Waals surface area contributed by atoms with Crippen LogP contribution in [0.15, 0.2) is 24.3 Å². The standard InChI is InChI=1S/C12H10O4/c13-7-3-10(11(14)4-7)9-2-1-8-5-12(9)16-6-15-8/h1-3,5,7,13H,4,6H2. The molecular weight excluding hydrogens is 208 g/mol. The summed E-state index contributed by atoms with van der Waals surface area (Å²) in [6.45, 7) is 0.166. The van der Waals surface area contributed by atoms with Crippen LogP contribution in [-0.2, 0) is 4.79 Å². The molecular formula is C12H10O4. The van der Waals surface area contributed by atoms with Gasteiger partial charge in [-0.15, -0.1) is 0 Å². The van der Waals surface area contributed by atoms with Gasteiger partial charge in [0.25, 0.3) is 0 Å². The molecule has 1 aromatic rings. The summed E-state index contributed by atoms with van der Waals surface area (Å²) in [7, 11) is 0. The lowest BCUT2D eigenvalue weighted by Gasteiger charge is -2.18. The zero-order valence-corrected chi connectivity index (χ0v) is 8.47. The van der Waals surface area contributed by atoms with Crippen LogP contribution < -0.4 is 9.47 Å². The number of ketones is 1. The molecule has 1 N–H and O–H groups in total. The van der Waals surface area contributed by atoms with Crippen LogP contribution in [0.5, 0.6) is 11.5 Å². The van der Waals surface area contributed by atoms with Gasteiger partial charge in [0.15, 0.2) is 5.78 Å². The molecule has 0 fully saturated rings. The van der Waals surface area contributed by atoms with Crippen LogP contribution in [0.4, 0.5) is 0 Å². The number of ether oxygens (including phenoxy) is 2. The molecule has 82 valence electrons. The van der Waals surface area contributed by atoms with Gasteiger partial charge in [0, 0.05) is 23.6 Å². The first-order valence-corrected chi connectivity index (χ1v) is 5.07. The summed E-state index contributed by atoms with van der Waals surface area (Å²) >= 11 is 0. The quantitative estimate of drug-likeness (QED) is 0.767. The average Bonchev–Trinajstić information content (AvgIpc) is 2.59. The molecule has 2 bridgehead atoms. The number of aliphatic hydroxyl groups is 1. The molecule has 4 heteroatoms. The molecule has 16 heavy (non-hydrogen) atoms. The highest BCUT2D eigenvalue weighted by Gasteiger charge is 2.26. The summed E-state index contributed by atoms with van der Waals surface area (Å²) in [5.41, 5.74) is 1.27. The van der Waals surface area contributed by atoms with Gasteiger partial charge in [-0.25, -0.2) is 0 Å². The molecule has 4 nitrogen and oxygen atoms in total. The van der Waals surface area contributed by atoms with E-state index in [1.807, 2.05) is 0 Å². The van der Waals surface area contributed by atoms with Crippen molar-refractivity contribution in [2.45, 2.75) is 12.5 Å². The smallest absolute Gasteiger partial charge is 0.230 e. The van der Waals surface area contributed by atoms with E-state index < -0.39 is 6.10 Å². The average molecular weight is 218 g/mol. The first-order valence-electron chi connectivity index (χ1n) is 5.07. The maximum atomic E-state index is 11.6. The highest BCUT2D eigenvalue weighted by atomic mass is 16.7. The maximum absolute atomic E-state index is 11.6. The highest BCUT2D eigenvalue weighted by Crippen LogP contribution is 2.36. The van der Waals surface area contributed by atoms with Gasteiger partial charge in [0.2, 0.25) is 6.79 Å². The highest BCUT2D eigenvalue weighted by molar-refractivity contribution is 6.23. The molecule has 0 aromatic heterocycles. The lowest BCUT2D eigenvalue weighted by molar-refractivity contribution is -0.114. The zero-order chi connectivity index (χ0) is 11.1. The Bertz CT molecular complexity index is 490. The lowest BCUT2D eigenvalue weighted by Crippen LogP contribution is -2.12. The van der Waals surface area contributed by atoms with E-state index in [9.17, 15) is 9.90 Å².